The Bertz CT molecular complexity index is 1150. The number of amides is 1. The second-order valence-electron chi connectivity index (χ2n) is 6.72. The molecule has 3 rings (SSSR count). The van der Waals surface area contributed by atoms with Gasteiger partial charge in [0.2, 0.25) is 0 Å². The first-order valence-electron chi connectivity index (χ1n) is 8.99. The standard InChI is InChI=1S/C21H21ClN2O4S/c1-24(11-4-12-28-17-5-3-6-18(14-17)29(2,26)27)21(25)16-7-9-19-15(13-16)8-10-20(22)23-19/h3,5-10,13-14H,4,11-12H2,1-2H3. The van der Waals surface area contributed by atoms with Crippen LogP contribution in [0, 0.1) is 0 Å². The Kier molecular flexibility index (Phi) is 6.39. The van der Waals surface area contributed by atoms with Crippen molar-refractivity contribution in [3.63, 3.8) is 0 Å². The zero-order valence-electron chi connectivity index (χ0n) is 16.1. The van der Waals surface area contributed by atoms with Gasteiger partial charge in [-0.25, -0.2) is 13.4 Å². The van der Waals surface area contributed by atoms with Crippen molar-refractivity contribution in [3.05, 3.63) is 65.3 Å². The van der Waals surface area contributed by atoms with Gasteiger partial charge in [0.25, 0.3) is 5.91 Å². The SMILES string of the molecule is CN(CCCOc1cccc(S(C)(=O)=O)c1)C(=O)c1ccc2nc(Cl)ccc2c1. The van der Waals surface area contributed by atoms with E-state index < -0.39 is 9.84 Å². The molecule has 0 aliphatic rings. The molecule has 0 N–H and O–H groups in total. The topological polar surface area (TPSA) is 76.6 Å². The Morgan fingerprint density at radius 3 is 2.69 bits per heavy atom. The number of carbonyl (C=O) groups excluding carboxylic acids is 1. The van der Waals surface area contributed by atoms with Gasteiger partial charge in [-0.1, -0.05) is 17.7 Å². The smallest absolute Gasteiger partial charge is 0.253 e. The molecule has 0 aliphatic carbocycles. The Balaban J connectivity index is 1.55. The van der Waals surface area contributed by atoms with Crippen molar-refractivity contribution in [2.24, 2.45) is 0 Å². The van der Waals surface area contributed by atoms with Crippen molar-refractivity contribution in [3.8, 4) is 5.75 Å². The van der Waals surface area contributed by atoms with Gasteiger partial charge in [0.15, 0.2) is 9.84 Å². The number of carbonyl (C=O) groups is 1. The Morgan fingerprint density at radius 2 is 1.93 bits per heavy atom. The van der Waals surface area contributed by atoms with E-state index in [1.165, 1.54) is 12.1 Å². The lowest BCUT2D eigenvalue weighted by molar-refractivity contribution is 0.0788. The van der Waals surface area contributed by atoms with Gasteiger partial charge in [0.05, 0.1) is 17.0 Å². The van der Waals surface area contributed by atoms with Crippen LogP contribution in [0.15, 0.2) is 59.5 Å². The maximum absolute atomic E-state index is 12.6. The molecule has 3 aromatic rings. The van der Waals surface area contributed by atoms with E-state index in [0.717, 1.165) is 17.2 Å². The van der Waals surface area contributed by atoms with E-state index in [4.69, 9.17) is 16.3 Å². The van der Waals surface area contributed by atoms with Gasteiger partial charge in [0.1, 0.15) is 10.9 Å². The fourth-order valence-corrected chi connectivity index (χ4v) is 3.65. The number of rotatable bonds is 7. The lowest BCUT2D eigenvalue weighted by Gasteiger charge is -2.17. The maximum atomic E-state index is 12.6. The highest BCUT2D eigenvalue weighted by atomic mass is 35.5. The zero-order chi connectivity index (χ0) is 21.0. The van der Waals surface area contributed by atoms with Crippen LogP contribution < -0.4 is 4.74 Å². The third-order valence-electron chi connectivity index (χ3n) is 4.39. The lowest BCUT2D eigenvalue weighted by atomic mass is 10.1. The van der Waals surface area contributed by atoms with Gasteiger partial charge in [-0.2, -0.15) is 0 Å². The number of hydrogen-bond acceptors (Lipinski definition) is 5. The molecule has 8 heteroatoms. The molecule has 0 spiro atoms. The minimum Gasteiger partial charge on any atom is -0.493 e. The third kappa shape index (κ3) is 5.46. The Hall–Kier alpha value is -2.64. The second kappa shape index (κ2) is 8.80. The molecule has 0 saturated heterocycles. The number of ether oxygens (including phenoxy) is 1. The average molecular weight is 433 g/mol. The molecule has 0 bridgehead atoms. The fourth-order valence-electron chi connectivity index (χ4n) is 2.84. The summed E-state index contributed by atoms with van der Waals surface area (Å²) in [5.41, 5.74) is 1.31. The number of halogens is 1. The van der Waals surface area contributed by atoms with Crippen molar-refractivity contribution in [2.45, 2.75) is 11.3 Å². The first-order chi connectivity index (χ1) is 13.7. The average Bonchev–Trinajstić information content (AvgIpc) is 2.69. The molecule has 0 atom stereocenters. The molecular formula is C21H21ClN2O4S. The molecule has 1 aromatic heterocycles. The van der Waals surface area contributed by atoms with Crippen molar-refractivity contribution in [1.82, 2.24) is 9.88 Å². The third-order valence-corrected chi connectivity index (χ3v) is 5.71. The molecule has 6 nitrogen and oxygen atoms in total. The molecular weight excluding hydrogens is 412 g/mol. The first kappa shape index (κ1) is 21.1. The minimum absolute atomic E-state index is 0.0964. The highest BCUT2D eigenvalue weighted by molar-refractivity contribution is 7.90. The van der Waals surface area contributed by atoms with Crippen LogP contribution in [0.3, 0.4) is 0 Å². The number of hydrogen-bond donors (Lipinski definition) is 0. The van der Waals surface area contributed by atoms with E-state index in [2.05, 4.69) is 4.98 Å². The Morgan fingerprint density at radius 1 is 1.14 bits per heavy atom. The normalized spacial score (nSPS) is 11.4. The monoisotopic (exact) mass is 432 g/mol. The van der Waals surface area contributed by atoms with Crippen molar-refractivity contribution in [1.29, 1.82) is 0 Å². The summed E-state index contributed by atoms with van der Waals surface area (Å²) in [6.07, 6.45) is 1.76. The summed E-state index contributed by atoms with van der Waals surface area (Å²) in [6.45, 7) is 0.868. The summed E-state index contributed by atoms with van der Waals surface area (Å²) in [7, 11) is -1.54. The molecule has 0 radical (unpaired) electrons. The van der Waals surface area contributed by atoms with E-state index in [1.54, 1.807) is 48.3 Å². The van der Waals surface area contributed by atoms with Crippen molar-refractivity contribution >= 4 is 38.2 Å². The van der Waals surface area contributed by atoms with Crippen LogP contribution in [-0.2, 0) is 9.84 Å². The molecule has 0 fully saturated rings. The van der Waals surface area contributed by atoms with Crippen molar-refractivity contribution < 1.29 is 17.9 Å². The predicted octanol–water partition coefficient (Wildman–Crippen LogP) is 3.83. The molecule has 1 amide bonds. The molecule has 152 valence electrons. The van der Waals surface area contributed by atoms with Crippen LogP contribution >= 0.6 is 11.6 Å². The first-order valence-corrected chi connectivity index (χ1v) is 11.3. The summed E-state index contributed by atoms with van der Waals surface area (Å²) in [4.78, 5) is 18.7. The molecule has 2 aromatic carbocycles. The van der Waals surface area contributed by atoms with Gasteiger partial charge >= 0.3 is 0 Å². The van der Waals surface area contributed by atoms with Crippen LogP contribution in [0.2, 0.25) is 5.15 Å². The molecule has 1 heterocycles. The van der Waals surface area contributed by atoms with E-state index >= 15 is 0 Å². The summed E-state index contributed by atoms with van der Waals surface area (Å²) in [5.74, 6) is 0.392. The number of aromatic nitrogens is 1. The number of sulfone groups is 1. The fraction of sp³-hybridized carbons (Fsp3) is 0.238. The van der Waals surface area contributed by atoms with Gasteiger partial charge in [-0.15, -0.1) is 0 Å². The minimum atomic E-state index is -3.27. The summed E-state index contributed by atoms with van der Waals surface area (Å²) >= 11 is 5.89. The number of pyridine rings is 1. The lowest BCUT2D eigenvalue weighted by Crippen LogP contribution is -2.28. The number of nitrogens with zero attached hydrogens (tertiary/aromatic N) is 2. The van der Waals surface area contributed by atoms with Gasteiger partial charge < -0.3 is 9.64 Å². The molecule has 0 unspecified atom stereocenters. The highest BCUT2D eigenvalue weighted by Gasteiger charge is 2.13. The van der Waals surface area contributed by atoms with Gasteiger partial charge in [0, 0.05) is 30.8 Å². The quantitative estimate of drug-likeness (QED) is 0.419. The predicted molar refractivity (Wildman–Crippen MR) is 113 cm³/mol. The van der Waals surface area contributed by atoms with Gasteiger partial charge in [-0.3, -0.25) is 4.79 Å². The number of fused-ring (bicyclic) bond motifs is 1. The van der Waals surface area contributed by atoms with Crippen LogP contribution in [0.25, 0.3) is 10.9 Å². The molecule has 29 heavy (non-hydrogen) atoms. The van der Waals surface area contributed by atoms with Crippen molar-refractivity contribution in [2.75, 3.05) is 26.5 Å². The van der Waals surface area contributed by atoms with E-state index in [0.29, 0.717) is 36.0 Å². The zero-order valence-corrected chi connectivity index (χ0v) is 17.7. The van der Waals surface area contributed by atoms with E-state index in [9.17, 15) is 13.2 Å². The highest BCUT2D eigenvalue weighted by Crippen LogP contribution is 2.19. The largest absolute Gasteiger partial charge is 0.493 e. The molecule has 0 aliphatic heterocycles. The van der Waals surface area contributed by atoms with Crippen LogP contribution in [0.1, 0.15) is 16.8 Å². The van der Waals surface area contributed by atoms with Crippen LogP contribution in [-0.4, -0.2) is 50.7 Å². The van der Waals surface area contributed by atoms with Crippen LogP contribution in [0.4, 0.5) is 0 Å². The Labute approximate surface area is 175 Å². The summed E-state index contributed by atoms with van der Waals surface area (Å²) < 4.78 is 28.8. The summed E-state index contributed by atoms with van der Waals surface area (Å²) in [6, 6.07) is 15.2. The van der Waals surface area contributed by atoms with Crippen LogP contribution in [0.5, 0.6) is 5.75 Å². The summed E-state index contributed by atoms with van der Waals surface area (Å²) in [5, 5.41) is 1.26. The van der Waals surface area contributed by atoms with E-state index in [1.807, 2.05) is 6.07 Å². The van der Waals surface area contributed by atoms with Gasteiger partial charge in [-0.05, 0) is 55.0 Å². The second-order valence-corrected chi connectivity index (χ2v) is 9.12. The maximum Gasteiger partial charge on any atom is 0.253 e. The molecule has 0 saturated carbocycles. The van der Waals surface area contributed by atoms with E-state index in [-0.39, 0.29) is 10.8 Å². The number of benzene rings is 2.